The van der Waals surface area contributed by atoms with Crippen molar-refractivity contribution in [3.63, 3.8) is 0 Å². The monoisotopic (exact) mass is 333 g/mol. The fourth-order valence-electron chi connectivity index (χ4n) is 3.14. The minimum absolute atomic E-state index is 0.297. The number of hydrogen-bond donors (Lipinski definition) is 1. The fraction of sp³-hybridized carbons (Fsp3) is 0.588. The maximum atomic E-state index is 12.2. The first-order chi connectivity index (χ1) is 11.3. The minimum Gasteiger partial charge on any atom is -0.462 e. The van der Waals surface area contributed by atoms with E-state index in [1.54, 1.807) is 6.33 Å². The molecule has 0 amide bonds. The van der Waals surface area contributed by atoms with Gasteiger partial charge in [-0.05, 0) is 19.8 Å². The Morgan fingerprint density at radius 3 is 2.74 bits per heavy atom. The summed E-state index contributed by atoms with van der Waals surface area (Å²) in [6, 6.07) is 0.420. The second-order valence-electron chi connectivity index (χ2n) is 5.96. The van der Waals surface area contributed by atoms with Crippen molar-refractivity contribution in [3.05, 3.63) is 17.3 Å². The van der Waals surface area contributed by atoms with E-state index in [1.165, 1.54) is 43.4 Å². The summed E-state index contributed by atoms with van der Waals surface area (Å²) in [5, 5.41) is 6.19. The van der Waals surface area contributed by atoms with Gasteiger partial charge in [0.05, 0.1) is 17.6 Å². The van der Waals surface area contributed by atoms with Crippen molar-refractivity contribution in [2.24, 2.45) is 0 Å². The van der Waals surface area contributed by atoms with E-state index in [0.717, 1.165) is 28.9 Å². The third-order valence-electron chi connectivity index (χ3n) is 4.31. The van der Waals surface area contributed by atoms with Crippen molar-refractivity contribution < 1.29 is 9.53 Å². The van der Waals surface area contributed by atoms with E-state index in [-0.39, 0.29) is 5.97 Å². The molecule has 0 aromatic carbocycles. The Kier molecular flexibility index (Phi) is 5.43. The first-order valence-electron chi connectivity index (χ1n) is 8.45. The van der Waals surface area contributed by atoms with Crippen LogP contribution in [0.25, 0.3) is 10.2 Å². The summed E-state index contributed by atoms with van der Waals surface area (Å²) in [6.07, 6.45) is 10.4. The molecule has 0 spiro atoms. The minimum atomic E-state index is -0.297. The molecule has 2 aromatic rings. The fourth-order valence-corrected chi connectivity index (χ4v) is 4.01. The molecule has 124 valence electrons. The number of anilines is 1. The number of nitrogens with one attached hydrogen (secondary N) is 1. The first-order valence-corrected chi connectivity index (χ1v) is 9.33. The van der Waals surface area contributed by atoms with Gasteiger partial charge in [-0.3, -0.25) is 0 Å². The second kappa shape index (κ2) is 7.73. The number of aromatic nitrogens is 2. The van der Waals surface area contributed by atoms with Crippen molar-refractivity contribution >= 4 is 33.3 Å². The number of esters is 1. The van der Waals surface area contributed by atoms with Crippen LogP contribution in [0, 0.1) is 0 Å². The van der Waals surface area contributed by atoms with Gasteiger partial charge in [-0.15, -0.1) is 11.3 Å². The zero-order valence-electron chi connectivity index (χ0n) is 13.5. The van der Waals surface area contributed by atoms with Gasteiger partial charge in [-0.2, -0.15) is 0 Å². The molecule has 0 atom stereocenters. The Labute approximate surface area is 140 Å². The Morgan fingerprint density at radius 1 is 1.26 bits per heavy atom. The number of hydrogen-bond acceptors (Lipinski definition) is 6. The average molecular weight is 333 g/mol. The van der Waals surface area contributed by atoms with Gasteiger partial charge in [-0.1, -0.05) is 32.1 Å². The Hall–Kier alpha value is -1.69. The van der Waals surface area contributed by atoms with E-state index in [9.17, 15) is 4.79 Å². The van der Waals surface area contributed by atoms with Gasteiger partial charge in [0.1, 0.15) is 17.0 Å². The zero-order chi connectivity index (χ0) is 16.1. The molecule has 1 aliphatic carbocycles. The predicted molar refractivity (Wildman–Crippen MR) is 93.1 cm³/mol. The predicted octanol–water partition coefficient (Wildman–Crippen LogP) is 4.39. The summed E-state index contributed by atoms with van der Waals surface area (Å²) in [5.74, 6) is 0.471. The normalized spacial score (nSPS) is 16.7. The summed E-state index contributed by atoms with van der Waals surface area (Å²) in [5.41, 5.74) is 0.570. The number of thiophene rings is 1. The molecule has 0 unspecified atom stereocenters. The van der Waals surface area contributed by atoms with E-state index < -0.39 is 0 Å². The first kappa shape index (κ1) is 16.2. The van der Waals surface area contributed by atoms with E-state index in [4.69, 9.17) is 4.74 Å². The molecule has 0 aliphatic heterocycles. The van der Waals surface area contributed by atoms with Crippen LogP contribution in [0.1, 0.15) is 62.2 Å². The molecule has 1 fully saturated rings. The van der Waals surface area contributed by atoms with Crippen LogP contribution in [0.3, 0.4) is 0 Å². The van der Waals surface area contributed by atoms with Gasteiger partial charge in [0, 0.05) is 11.4 Å². The molecule has 23 heavy (non-hydrogen) atoms. The lowest BCUT2D eigenvalue weighted by Gasteiger charge is -2.22. The summed E-state index contributed by atoms with van der Waals surface area (Å²) < 4.78 is 5.16. The Balaban J connectivity index is 1.87. The van der Waals surface area contributed by atoms with Crippen LogP contribution in [0.2, 0.25) is 0 Å². The number of fused-ring (bicyclic) bond motifs is 1. The van der Waals surface area contributed by atoms with Crippen LogP contribution < -0.4 is 5.32 Å². The van der Waals surface area contributed by atoms with Gasteiger partial charge < -0.3 is 10.1 Å². The highest BCUT2D eigenvalue weighted by atomic mass is 32.1. The van der Waals surface area contributed by atoms with Gasteiger partial charge >= 0.3 is 5.97 Å². The molecule has 0 radical (unpaired) electrons. The number of carbonyl (C=O) groups excluding carboxylic acids is 1. The SMILES string of the molecule is CCOC(=O)c1csc2ncnc(NC3CCCCCCC3)c12. The van der Waals surface area contributed by atoms with Crippen LogP contribution in [0.5, 0.6) is 0 Å². The van der Waals surface area contributed by atoms with Crippen molar-refractivity contribution in [3.8, 4) is 0 Å². The molecule has 3 rings (SSSR count). The van der Waals surface area contributed by atoms with E-state index >= 15 is 0 Å². The number of carbonyl (C=O) groups is 1. The van der Waals surface area contributed by atoms with E-state index in [1.807, 2.05) is 12.3 Å². The second-order valence-corrected chi connectivity index (χ2v) is 6.82. The van der Waals surface area contributed by atoms with Crippen molar-refractivity contribution in [2.45, 2.75) is 57.9 Å². The molecule has 5 nitrogen and oxygen atoms in total. The Bertz CT molecular complexity index is 663. The topological polar surface area (TPSA) is 64.1 Å². The van der Waals surface area contributed by atoms with Gasteiger partial charge in [0.2, 0.25) is 0 Å². The summed E-state index contributed by atoms with van der Waals surface area (Å²) in [4.78, 5) is 21.7. The lowest BCUT2D eigenvalue weighted by Crippen LogP contribution is -2.21. The quantitative estimate of drug-likeness (QED) is 0.841. The van der Waals surface area contributed by atoms with Crippen molar-refractivity contribution in [1.29, 1.82) is 0 Å². The molecule has 1 N–H and O–H groups in total. The van der Waals surface area contributed by atoms with Crippen molar-refractivity contribution in [2.75, 3.05) is 11.9 Å². The van der Waals surface area contributed by atoms with Crippen LogP contribution in [-0.4, -0.2) is 28.6 Å². The molecule has 6 heteroatoms. The van der Waals surface area contributed by atoms with Crippen LogP contribution in [0.4, 0.5) is 5.82 Å². The highest BCUT2D eigenvalue weighted by Gasteiger charge is 2.20. The van der Waals surface area contributed by atoms with Crippen LogP contribution in [0.15, 0.2) is 11.7 Å². The molecule has 1 aliphatic rings. The molecule has 2 heterocycles. The number of ether oxygens (including phenoxy) is 1. The lowest BCUT2D eigenvalue weighted by molar-refractivity contribution is 0.0529. The Morgan fingerprint density at radius 2 is 2.00 bits per heavy atom. The third kappa shape index (κ3) is 3.80. The molecular weight excluding hydrogens is 310 g/mol. The third-order valence-corrected chi connectivity index (χ3v) is 5.20. The molecule has 0 bridgehead atoms. The highest BCUT2D eigenvalue weighted by Crippen LogP contribution is 2.31. The summed E-state index contributed by atoms with van der Waals surface area (Å²) in [6.45, 7) is 2.19. The maximum Gasteiger partial charge on any atom is 0.339 e. The number of nitrogens with zero attached hydrogens (tertiary/aromatic N) is 2. The smallest absolute Gasteiger partial charge is 0.339 e. The van der Waals surface area contributed by atoms with E-state index in [2.05, 4.69) is 15.3 Å². The summed E-state index contributed by atoms with van der Waals surface area (Å²) in [7, 11) is 0. The molecule has 0 saturated heterocycles. The zero-order valence-corrected chi connectivity index (χ0v) is 14.3. The maximum absolute atomic E-state index is 12.2. The van der Waals surface area contributed by atoms with Gasteiger partial charge in [-0.25, -0.2) is 14.8 Å². The summed E-state index contributed by atoms with van der Waals surface area (Å²) >= 11 is 1.46. The highest BCUT2D eigenvalue weighted by molar-refractivity contribution is 7.17. The van der Waals surface area contributed by atoms with Crippen molar-refractivity contribution in [1.82, 2.24) is 9.97 Å². The van der Waals surface area contributed by atoms with E-state index in [0.29, 0.717) is 18.2 Å². The molecule has 1 saturated carbocycles. The lowest BCUT2D eigenvalue weighted by atomic mass is 9.96. The molecule has 2 aromatic heterocycles. The largest absolute Gasteiger partial charge is 0.462 e. The molecular formula is C17H23N3O2S. The van der Waals surface area contributed by atoms with Crippen LogP contribution >= 0.6 is 11.3 Å². The average Bonchev–Trinajstić information content (AvgIpc) is 2.95. The van der Waals surface area contributed by atoms with Gasteiger partial charge in [0.25, 0.3) is 0 Å². The van der Waals surface area contributed by atoms with Gasteiger partial charge in [0.15, 0.2) is 0 Å². The number of rotatable bonds is 4. The standard InChI is InChI=1S/C17H23N3O2S/c1-2-22-17(21)13-10-23-16-14(13)15(18-11-19-16)20-12-8-6-4-3-5-7-9-12/h10-12H,2-9H2,1H3,(H,18,19,20). The van der Waals surface area contributed by atoms with Crippen LogP contribution in [-0.2, 0) is 4.74 Å².